The molecule has 0 saturated carbocycles. The first-order valence-corrected chi connectivity index (χ1v) is 9.86. The predicted octanol–water partition coefficient (Wildman–Crippen LogP) is 3.59. The number of aromatic hydroxyl groups is 3. The molecule has 3 N–H and O–H groups in total. The van der Waals surface area contributed by atoms with Gasteiger partial charge in [0.05, 0.1) is 19.9 Å². The molecule has 0 aliphatic heterocycles. The van der Waals surface area contributed by atoms with Crippen LogP contribution in [-0.4, -0.2) is 34.9 Å². The van der Waals surface area contributed by atoms with Gasteiger partial charge < -0.3 is 24.5 Å². The summed E-state index contributed by atoms with van der Waals surface area (Å²) in [5, 5.41) is 30.3. The van der Waals surface area contributed by atoms with Crippen molar-refractivity contribution in [3.8, 4) is 23.0 Å². The van der Waals surface area contributed by atoms with Gasteiger partial charge in [-0.05, 0) is 49.5 Å². The summed E-state index contributed by atoms with van der Waals surface area (Å²) in [5.74, 6) is -2.64. The fourth-order valence-corrected chi connectivity index (χ4v) is 4.27. The first-order chi connectivity index (χ1) is 13.6. The van der Waals surface area contributed by atoms with E-state index in [1.54, 1.807) is 6.92 Å². The Kier molecular flexibility index (Phi) is 5.69. The molecule has 0 saturated heterocycles. The van der Waals surface area contributed by atoms with E-state index in [0.29, 0.717) is 8.95 Å². The lowest BCUT2D eigenvalue weighted by atomic mass is 9.89. The van der Waals surface area contributed by atoms with Gasteiger partial charge in [0.25, 0.3) is 0 Å². The Balaban J connectivity index is 2.26. The molecular weight excluding hydrogens is 511 g/mol. The first kappa shape index (κ1) is 21.3. The van der Waals surface area contributed by atoms with Crippen LogP contribution in [0.5, 0.6) is 23.0 Å². The molecule has 0 atom stereocenters. The quantitative estimate of drug-likeness (QED) is 0.119. The van der Waals surface area contributed by atoms with Crippen molar-refractivity contribution in [1.82, 2.24) is 0 Å². The van der Waals surface area contributed by atoms with Gasteiger partial charge in [0.15, 0.2) is 22.9 Å². The van der Waals surface area contributed by atoms with Crippen LogP contribution in [0, 0.1) is 0 Å². The molecule has 7 nitrogen and oxygen atoms in total. The monoisotopic (exact) mass is 522 g/mol. The van der Waals surface area contributed by atoms with Crippen molar-refractivity contribution in [2.45, 2.75) is 20.3 Å². The molecule has 0 bridgehead atoms. The number of phenolic OH excluding ortho intramolecular Hbond substituents is 3. The Bertz CT molecular complexity index is 1160. The number of carbonyl (C=O) groups excluding carboxylic acids is 2. The van der Waals surface area contributed by atoms with Crippen molar-refractivity contribution in [3.63, 3.8) is 0 Å². The number of benzene rings is 2. The molecule has 1 heterocycles. The van der Waals surface area contributed by atoms with E-state index in [1.165, 1.54) is 19.1 Å². The maximum Gasteiger partial charge on any atom is 0.308 e. The van der Waals surface area contributed by atoms with Crippen LogP contribution in [0.3, 0.4) is 0 Å². The summed E-state index contributed by atoms with van der Waals surface area (Å²) in [7, 11) is 5.65. The molecule has 3 rings (SSSR count). The summed E-state index contributed by atoms with van der Waals surface area (Å²) in [6, 6.07) is 2.90. The SMILES string of the molecule is [B]c1c(O)c(O)c2oc(CC)c(C(=O)c3cc(Br)c(OC(C)=O)c(Br)c3)c2c1O. The highest BCUT2D eigenvalue weighted by molar-refractivity contribution is 9.11. The van der Waals surface area contributed by atoms with Gasteiger partial charge in [0.1, 0.15) is 19.4 Å². The van der Waals surface area contributed by atoms with E-state index < -0.39 is 34.5 Å². The van der Waals surface area contributed by atoms with Crippen LogP contribution >= 0.6 is 31.9 Å². The Labute approximate surface area is 182 Å². The van der Waals surface area contributed by atoms with Crippen molar-refractivity contribution in [2.75, 3.05) is 0 Å². The van der Waals surface area contributed by atoms with Crippen molar-refractivity contribution in [2.24, 2.45) is 0 Å². The summed E-state index contributed by atoms with van der Waals surface area (Å²) in [6.07, 6.45) is 0.267. The molecule has 0 amide bonds. The molecule has 10 heteroatoms. The minimum Gasteiger partial charge on any atom is -0.508 e. The van der Waals surface area contributed by atoms with Crippen LogP contribution in [0.1, 0.15) is 35.5 Å². The second-order valence-corrected chi connectivity index (χ2v) is 7.82. The summed E-state index contributed by atoms with van der Waals surface area (Å²) in [4.78, 5) is 24.5. The lowest BCUT2D eigenvalue weighted by Crippen LogP contribution is -2.08. The molecule has 0 aliphatic rings. The minimum absolute atomic E-state index is 0.000960. The van der Waals surface area contributed by atoms with E-state index in [9.17, 15) is 24.9 Å². The maximum atomic E-state index is 13.3. The van der Waals surface area contributed by atoms with Gasteiger partial charge in [-0.2, -0.15) is 0 Å². The zero-order valence-corrected chi connectivity index (χ0v) is 18.3. The highest BCUT2D eigenvalue weighted by Gasteiger charge is 2.29. The third kappa shape index (κ3) is 3.51. The summed E-state index contributed by atoms with van der Waals surface area (Å²) in [6.45, 7) is 2.97. The van der Waals surface area contributed by atoms with Gasteiger partial charge >= 0.3 is 5.97 Å². The second-order valence-electron chi connectivity index (χ2n) is 6.11. The number of phenols is 3. The van der Waals surface area contributed by atoms with Gasteiger partial charge in [-0.1, -0.05) is 6.92 Å². The molecule has 148 valence electrons. The van der Waals surface area contributed by atoms with E-state index >= 15 is 0 Å². The van der Waals surface area contributed by atoms with Gasteiger partial charge in [-0.15, -0.1) is 0 Å². The van der Waals surface area contributed by atoms with E-state index in [1.807, 2.05) is 0 Å². The average Bonchev–Trinajstić information content (AvgIpc) is 3.06. The topological polar surface area (TPSA) is 117 Å². The molecule has 3 aromatic rings. The van der Waals surface area contributed by atoms with Crippen molar-refractivity contribution < 1.29 is 34.1 Å². The van der Waals surface area contributed by atoms with Crippen LogP contribution in [-0.2, 0) is 11.2 Å². The standard InChI is InChI=1S/C19H13BBr2O7/c1-3-10-11(12-15(25)13(20)16(26)17(27)19(12)29-10)14(24)7-4-8(21)18(9(22)5-7)28-6(2)23/h4-5,25-27H,3H2,1-2H3. The number of hydrogen-bond acceptors (Lipinski definition) is 7. The third-order valence-electron chi connectivity index (χ3n) is 4.22. The number of hydrogen-bond donors (Lipinski definition) is 3. The first-order valence-electron chi connectivity index (χ1n) is 8.28. The number of ketones is 1. The van der Waals surface area contributed by atoms with Crippen molar-refractivity contribution in [1.29, 1.82) is 0 Å². The fourth-order valence-electron chi connectivity index (χ4n) is 2.92. The summed E-state index contributed by atoms with van der Waals surface area (Å²) < 4.78 is 11.3. The molecule has 0 unspecified atom stereocenters. The number of rotatable bonds is 4. The minimum atomic E-state index is -0.735. The van der Waals surface area contributed by atoms with Crippen LogP contribution in [0.25, 0.3) is 11.0 Å². The van der Waals surface area contributed by atoms with Gasteiger partial charge in [0.2, 0.25) is 5.75 Å². The number of halogens is 2. The van der Waals surface area contributed by atoms with Crippen molar-refractivity contribution >= 4 is 67.9 Å². The normalized spacial score (nSPS) is 11.0. The number of fused-ring (bicyclic) bond motifs is 1. The Morgan fingerprint density at radius 2 is 1.69 bits per heavy atom. The number of carbonyl (C=O) groups is 2. The molecule has 0 spiro atoms. The van der Waals surface area contributed by atoms with Gasteiger partial charge in [-0.25, -0.2) is 0 Å². The van der Waals surface area contributed by atoms with Gasteiger partial charge in [-0.3, -0.25) is 9.59 Å². The Morgan fingerprint density at radius 3 is 2.21 bits per heavy atom. The molecule has 2 aromatic carbocycles. The maximum absolute atomic E-state index is 13.3. The molecule has 29 heavy (non-hydrogen) atoms. The van der Waals surface area contributed by atoms with E-state index in [2.05, 4.69) is 31.9 Å². The van der Waals surface area contributed by atoms with E-state index in [0.717, 1.165) is 0 Å². The molecular formula is C19H13BBr2O7. The van der Waals surface area contributed by atoms with E-state index in [-0.39, 0.29) is 40.0 Å². The fraction of sp³-hybridized carbons (Fsp3) is 0.158. The predicted molar refractivity (Wildman–Crippen MR) is 113 cm³/mol. The van der Waals surface area contributed by atoms with Crippen LogP contribution in [0.15, 0.2) is 25.5 Å². The Morgan fingerprint density at radius 1 is 1.10 bits per heavy atom. The lowest BCUT2D eigenvalue weighted by Gasteiger charge is -2.10. The summed E-state index contributed by atoms with van der Waals surface area (Å²) >= 11 is 6.53. The number of aryl methyl sites for hydroxylation is 1. The van der Waals surface area contributed by atoms with Gasteiger partial charge in [0, 0.05) is 18.9 Å². The molecule has 2 radical (unpaired) electrons. The largest absolute Gasteiger partial charge is 0.508 e. The molecule has 0 fully saturated rings. The third-order valence-corrected chi connectivity index (χ3v) is 5.40. The molecule has 0 aliphatic carbocycles. The number of furan rings is 1. The highest BCUT2D eigenvalue weighted by Crippen LogP contribution is 2.43. The van der Waals surface area contributed by atoms with Crippen molar-refractivity contribution in [3.05, 3.63) is 38.0 Å². The number of esters is 1. The highest BCUT2D eigenvalue weighted by atomic mass is 79.9. The van der Waals surface area contributed by atoms with E-state index in [4.69, 9.17) is 17.0 Å². The zero-order chi connectivity index (χ0) is 21.6. The average molecular weight is 524 g/mol. The lowest BCUT2D eigenvalue weighted by molar-refractivity contribution is -0.131. The van der Waals surface area contributed by atoms with Crippen LogP contribution < -0.4 is 10.2 Å². The molecule has 1 aromatic heterocycles. The summed E-state index contributed by atoms with van der Waals surface area (Å²) in [5.41, 5.74) is -0.534. The smallest absolute Gasteiger partial charge is 0.308 e. The Hall–Kier alpha value is -2.46. The number of ether oxygens (including phenoxy) is 1. The van der Waals surface area contributed by atoms with Crippen LogP contribution in [0.4, 0.5) is 0 Å². The van der Waals surface area contributed by atoms with Crippen LogP contribution in [0.2, 0.25) is 0 Å². The zero-order valence-electron chi connectivity index (χ0n) is 15.2. The second kappa shape index (κ2) is 7.76.